The summed E-state index contributed by atoms with van der Waals surface area (Å²) in [4.78, 5) is 0. The van der Waals surface area contributed by atoms with Gasteiger partial charge < -0.3 is 4.52 Å². The van der Waals surface area contributed by atoms with Crippen molar-refractivity contribution in [2.45, 2.75) is 0 Å². The summed E-state index contributed by atoms with van der Waals surface area (Å²) in [7, 11) is 0.752. The highest BCUT2D eigenvalue weighted by Gasteiger charge is 2.08. The van der Waals surface area contributed by atoms with Crippen molar-refractivity contribution in [3.8, 4) is 0 Å². The first kappa shape index (κ1) is 9.73. The van der Waals surface area contributed by atoms with E-state index in [1.54, 1.807) is 7.11 Å². The molecule has 0 saturated carbocycles. The molecule has 1 nitrogen and oxygen atoms in total. The minimum atomic E-state index is -1.04. The predicted octanol–water partition coefficient (Wildman–Crippen LogP) is 2.19. The molecule has 0 radical (unpaired) electrons. The Hall–Kier alpha value is 0.730. The Morgan fingerprint density at radius 1 is 1.56 bits per heavy atom. The van der Waals surface area contributed by atoms with Crippen LogP contribution in [0.25, 0.3) is 0 Å². The second kappa shape index (κ2) is 3.79. The van der Waals surface area contributed by atoms with E-state index in [-0.39, 0.29) is 24.0 Å². The summed E-state index contributed by atoms with van der Waals surface area (Å²) in [5.41, 5.74) is 0. The van der Waals surface area contributed by atoms with Crippen LogP contribution in [0.15, 0.2) is 12.2 Å². The second-order valence-electron chi connectivity index (χ2n) is 2.12. The lowest BCUT2D eigenvalue weighted by Crippen LogP contribution is -1.84. The highest BCUT2D eigenvalue weighted by molar-refractivity contribution is 14.0. The van der Waals surface area contributed by atoms with Gasteiger partial charge in [0.1, 0.15) is 0 Å². The topological polar surface area (TPSA) is 9.23 Å². The first-order valence-electron chi connectivity index (χ1n) is 2.69. The minimum Gasteiger partial charge on any atom is -0.365 e. The van der Waals surface area contributed by atoms with Crippen LogP contribution >= 0.6 is 31.1 Å². The molecule has 0 aromatic heterocycles. The highest BCUT2D eigenvalue weighted by atomic mass is 127. The van der Waals surface area contributed by atoms with Gasteiger partial charge in [0.25, 0.3) is 0 Å². The van der Waals surface area contributed by atoms with E-state index in [1.807, 2.05) is 0 Å². The zero-order valence-corrected chi connectivity index (χ0v) is 8.93. The third-order valence-corrected chi connectivity index (χ3v) is 4.00. The van der Waals surface area contributed by atoms with Crippen molar-refractivity contribution in [1.29, 1.82) is 0 Å². The Bertz CT molecular complexity index is 162. The summed E-state index contributed by atoms with van der Waals surface area (Å²) in [5.74, 6) is 2.19. The van der Waals surface area contributed by atoms with Crippen LogP contribution in [-0.2, 0) is 4.52 Å². The molecule has 1 rings (SSSR count). The average molecular weight is 258 g/mol. The minimum absolute atomic E-state index is 0. The first-order valence-corrected chi connectivity index (χ1v) is 5.10. The lowest BCUT2D eigenvalue weighted by atomic mass is 10.6. The van der Waals surface area contributed by atoms with Gasteiger partial charge in [0.2, 0.25) is 0 Å². The molecule has 1 unspecified atom stereocenters. The van der Waals surface area contributed by atoms with Gasteiger partial charge in [-0.1, -0.05) is 12.2 Å². The summed E-state index contributed by atoms with van der Waals surface area (Å²) in [6, 6.07) is 0. The molecule has 0 amide bonds. The Balaban J connectivity index is 0.000000640. The van der Waals surface area contributed by atoms with Gasteiger partial charge in [0.15, 0.2) is 0 Å². The summed E-state index contributed by atoms with van der Waals surface area (Å²) >= 11 is 0. The summed E-state index contributed by atoms with van der Waals surface area (Å²) in [6.07, 6.45) is 5.39. The lowest BCUT2D eigenvalue weighted by molar-refractivity contribution is 0.463. The van der Waals surface area contributed by atoms with Gasteiger partial charge in [-0.15, -0.1) is 24.0 Å². The summed E-state index contributed by atoms with van der Waals surface area (Å²) < 4.78 is 5.29. The summed E-state index contributed by atoms with van der Waals surface area (Å²) in [5, 5.41) is 0. The van der Waals surface area contributed by atoms with E-state index in [9.17, 15) is 0 Å². The molecular weight excluding hydrogens is 246 g/mol. The Morgan fingerprint density at radius 3 is 2.44 bits per heavy atom. The van der Waals surface area contributed by atoms with Gasteiger partial charge in [-0.3, -0.25) is 0 Å². The monoisotopic (exact) mass is 258 g/mol. The quantitative estimate of drug-likeness (QED) is 0.517. The molecule has 1 atom stereocenters. The van der Waals surface area contributed by atoms with Crippen molar-refractivity contribution in [3.05, 3.63) is 12.2 Å². The van der Waals surface area contributed by atoms with E-state index in [0.29, 0.717) is 0 Å². The van der Waals surface area contributed by atoms with E-state index in [1.165, 1.54) is 0 Å². The van der Waals surface area contributed by atoms with E-state index in [2.05, 4.69) is 24.6 Å². The maximum Gasteiger partial charge on any atom is 0.0396 e. The van der Waals surface area contributed by atoms with Crippen molar-refractivity contribution < 1.29 is 4.52 Å². The number of allylic oxidation sites excluding steroid dienone is 2. The molecule has 54 valence electrons. The molecule has 1 heterocycles. The van der Waals surface area contributed by atoms with Crippen molar-refractivity contribution in [3.63, 3.8) is 0 Å². The van der Waals surface area contributed by atoms with E-state index < -0.39 is 7.11 Å². The maximum absolute atomic E-state index is 5.29. The van der Waals surface area contributed by atoms with Gasteiger partial charge in [-0.05, 0) is 12.5 Å². The molecule has 1 aliphatic heterocycles. The molecule has 9 heavy (non-hydrogen) atoms. The Morgan fingerprint density at radius 2 is 2.22 bits per heavy atom. The summed E-state index contributed by atoms with van der Waals surface area (Å²) in [6.45, 7) is 2.19. The molecular formula is C6H12IOP. The van der Waals surface area contributed by atoms with Gasteiger partial charge in [-0.25, -0.2) is 0 Å². The molecule has 0 N–H and O–H groups in total. The Kier molecular flexibility index (Phi) is 4.10. The molecule has 0 spiro atoms. The van der Waals surface area contributed by atoms with Crippen LogP contribution in [-0.4, -0.2) is 25.7 Å². The number of hydrogen-bond donors (Lipinski definition) is 0. The average Bonchev–Trinajstić information content (AvgIpc) is 2.17. The van der Waals surface area contributed by atoms with Gasteiger partial charge >= 0.3 is 0 Å². The van der Waals surface area contributed by atoms with Crippen LogP contribution in [0.5, 0.6) is 0 Å². The third-order valence-electron chi connectivity index (χ3n) is 1.42. The molecule has 0 aromatic rings. The largest absolute Gasteiger partial charge is 0.365 e. The number of halogens is 1. The zero-order chi connectivity index (χ0) is 6.04. The normalized spacial score (nSPS) is 31.3. The molecule has 0 bridgehead atoms. The molecule has 3 heteroatoms. The molecule has 0 aromatic carbocycles. The van der Waals surface area contributed by atoms with Crippen molar-refractivity contribution in [2.75, 3.05) is 19.9 Å². The van der Waals surface area contributed by atoms with Gasteiger partial charge in [0, 0.05) is 20.4 Å². The maximum atomic E-state index is 5.29. The van der Waals surface area contributed by atoms with Crippen LogP contribution in [0.1, 0.15) is 0 Å². The predicted molar refractivity (Wildman–Crippen MR) is 55.3 cm³/mol. The van der Waals surface area contributed by atoms with Crippen LogP contribution in [0, 0.1) is 0 Å². The fraction of sp³-hybridized carbons (Fsp3) is 0.500. The third kappa shape index (κ3) is 2.44. The van der Waals surface area contributed by atoms with Crippen molar-refractivity contribution in [2.24, 2.45) is 0 Å². The smallest absolute Gasteiger partial charge is 0.0396 e. The van der Waals surface area contributed by atoms with Gasteiger partial charge in [-0.2, -0.15) is 0 Å². The Labute approximate surface area is 73.6 Å². The van der Waals surface area contributed by atoms with Crippen LogP contribution in [0.2, 0.25) is 0 Å². The SMILES string of the molecule is COP1(C)=CC=CC1.I. The number of rotatable bonds is 1. The first-order chi connectivity index (χ1) is 3.77. The molecule has 0 saturated heterocycles. The molecule has 0 aliphatic carbocycles. The van der Waals surface area contributed by atoms with Crippen molar-refractivity contribution in [1.82, 2.24) is 0 Å². The van der Waals surface area contributed by atoms with E-state index in [4.69, 9.17) is 4.52 Å². The molecule has 1 aliphatic rings. The highest BCUT2D eigenvalue weighted by Crippen LogP contribution is 2.44. The van der Waals surface area contributed by atoms with E-state index in [0.717, 1.165) is 6.16 Å². The fourth-order valence-electron chi connectivity index (χ4n) is 0.709. The second-order valence-corrected chi connectivity index (χ2v) is 5.49. The van der Waals surface area contributed by atoms with Crippen LogP contribution in [0.3, 0.4) is 0 Å². The fourth-order valence-corrected chi connectivity index (χ4v) is 2.13. The number of hydrogen-bond acceptors (Lipinski definition) is 1. The van der Waals surface area contributed by atoms with Crippen LogP contribution in [0.4, 0.5) is 0 Å². The van der Waals surface area contributed by atoms with Gasteiger partial charge in [0.05, 0.1) is 0 Å². The van der Waals surface area contributed by atoms with Crippen molar-refractivity contribution >= 4 is 36.9 Å². The molecule has 0 fully saturated rings. The zero-order valence-electron chi connectivity index (χ0n) is 5.70. The lowest BCUT2D eigenvalue weighted by Gasteiger charge is -2.11. The van der Waals surface area contributed by atoms with E-state index >= 15 is 0 Å². The van der Waals surface area contributed by atoms with Crippen LogP contribution < -0.4 is 0 Å². The standard InChI is InChI=1S/C6H11OP.HI/c1-7-8(2)5-3-4-6-8;/h3-5H,6H2,1-2H3;1H.